The zero-order valence-corrected chi connectivity index (χ0v) is 7.71. The highest BCUT2D eigenvalue weighted by atomic mass is 16.6. The monoisotopic (exact) mass is 172 g/mol. The van der Waals surface area contributed by atoms with Crippen LogP contribution in [0, 0.1) is 0 Å². The fourth-order valence-corrected chi connectivity index (χ4v) is 1.41. The maximum absolute atomic E-state index is 10.5. The van der Waals surface area contributed by atoms with E-state index in [1.54, 1.807) is 0 Å². The first-order valence-corrected chi connectivity index (χ1v) is 4.51. The van der Waals surface area contributed by atoms with Gasteiger partial charge < -0.3 is 9.47 Å². The van der Waals surface area contributed by atoms with Crippen molar-refractivity contribution >= 4 is 5.97 Å². The SMILES string of the molecule is CCC1CCC(COC(C)=O)O1. The Morgan fingerprint density at radius 2 is 2.17 bits per heavy atom. The molecule has 0 saturated carbocycles. The van der Waals surface area contributed by atoms with Gasteiger partial charge in [-0.2, -0.15) is 0 Å². The summed E-state index contributed by atoms with van der Waals surface area (Å²) in [6.07, 6.45) is 3.69. The van der Waals surface area contributed by atoms with E-state index in [0.717, 1.165) is 19.3 Å². The quantitative estimate of drug-likeness (QED) is 0.605. The molecule has 3 nitrogen and oxygen atoms in total. The van der Waals surface area contributed by atoms with Gasteiger partial charge in [0.25, 0.3) is 0 Å². The maximum atomic E-state index is 10.5. The largest absolute Gasteiger partial charge is 0.463 e. The number of carbonyl (C=O) groups excluding carboxylic acids is 1. The molecule has 1 aliphatic rings. The minimum absolute atomic E-state index is 0.138. The predicted molar refractivity (Wildman–Crippen MR) is 44.8 cm³/mol. The molecule has 0 bridgehead atoms. The zero-order valence-electron chi connectivity index (χ0n) is 7.71. The van der Waals surface area contributed by atoms with Gasteiger partial charge in [-0.1, -0.05) is 6.92 Å². The average Bonchev–Trinajstić information content (AvgIpc) is 2.48. The lowest BCUT2D eigenvalue weighted by Gasteiger charge is -2.11. The molecule has 0 spiro atoms. The van der Waals surface area contributed by atoms with Gasteiger partial charge in [-0.15, -0.1) is 0 Å². The Morgan fingerprint density at radius 3 is 2.67 bits per heavy atom. The molecule has 12 heavy (non-hydrogen) atoms. The van der Waals surface area contributed by atoms with Crippen LogP contribution in [-0.4, -0.2) is 24.8 Å². The zero-order chi connectivity index (χ0) is 8.97. The van der Waals surface area contributed by atoms with Crippen molar-refractivity contribution in [2.45, 2.75) is 45.3 Å². The Kier molecular flexibility index (Phi) is 3.53. The summed E-state index contributed by atoms with van der Waals surface area (Å²) in [5.41, 5.74) is 0. The molecular formula is C9H16O3. The van der Waals surface area contributed by atoms with Gasteiger partial charge >= 0.3 is 5.97 Å². The van der Waals surface area contributed by atoms with E-state index in [0.29, 0.717) is 12.7 Å². The fraction of sp³-hybridized carbons (Fsp3) is 0.889. The van der Waals surface area contributed by atoms with Crippen LogP contribution in [0.2, 0.25) is 0 Å². The third-order valence-electron chi connectivity index (χ3n) is 2.12. The van der Waals surface area contributed by atoms with Crippen LogP contribution in [0.4, 0.5) is 0 Å². The summed E-state index contributed by atoms with van der Waals surface area (Å²) in [6.45, 7) is 3.96. The van der Waals surface area contributed by atoms with Gasteiger partial charge in [0, 0.05) is 6.92 Å². The normalized spacial score (nSPS) is 28.8. The minimum Gasteiger partial charge on any atom is -0.463 e. The molecule has 0 radical (unpaired) electrons. The molecule has 2 atom stereocenters. The topological polar surface area (TPSA) is 35.5 Å². The number of rotatable bonds is 3. The smallest absolute Gasteiger partial charge is 0.302 e. The average molecular weight is 172 g/mol. The summed E-state index contributed by atoms with van der Waals surface area (Å²) >= 11 is 0. The first-order chi connectivity index (χ1) is 5.72. The van der Waals surface area contributed by atoms with Crippen LogP contribution < -0.4 is 0 Å². The van der Waals surface area contributed by atoms with Crippen LogP contribution in [0.25, 0.3) is 0 Å². The molecule has 0 aromatic carbocycles. The van der Waals surface area contributed by atoms with E-state index in [4.69, 9.17) is 9.47 Å². The third kappa shape index (κ3) is 2.81. The van der Waals surface area contributed by atoms with Crippen LogP contribution in [0.1, 0.15) is 33.1 Å². The van der Waals surface area contributed by atoms with Crippen molar-refractivity contribution in [2.24, 2.45) is 0 Å². The van der Waals surface area contributed by atoms with Gasteiger partial charge in [0.15, 0.2) is 0 Å². The molecule has 0 aromatic heterocycles. The van der Waals surface area contributed by atoms with Crippen molar-refractivity contribution in [1.29, 1.82) is 0 Å². The molecule has 1 rings (SSSR count). The van der Waals surface area contributed by atoms with Crippen LogP contribution in [0.5, 0.6) is 0 Å². The molecule has 1 saturated heterocycles. The number of esters is 1. The molecule has 0 N–H and O–H groups in total. The molecule has 1 heterocycles. The lowest BCUT2D eigenvalue weighted by molar-refractivity contribution is -0.144. The van der Waals surface area contributed by atoms with E-state index in [2.05, 4.69) is 6.92 Å². The first kappa shape index (κ1) is 9.52. The molecule has 0 aliphatic carbocycles. The predicted octanol–water partition coefficient (Wildman–Crippen LogP) is 1.51. The van der Waals surface area contributed by atoms with Gasteiger partial charge in [-0.05, 0) is 19.3 Å². The maximum Gasteiger partial charge on any atom is 0.302 e. The molecule has 3 heteroatoms. The Morgan fingerprint density at radius 1 is 1.50 bits per heavy atom. The Hall–Kier alpha value is -0.570. The molecule has 70 valence electrons. The van der Waals surface area contributed by atoms with Gasteiger partial charge in [-0.25, -0.2) is 0 Å². The number of carbonyl (C=O) groups is 1. The van der Waals surface area contributed by atoms with Crippen LogP contribution in [-0.2, 0) is 14.3 Å². The Labute approximate surface area is 73.0 Å². The third-order valence-corrected chi connectivity index (χ3v) is 2.12. The van der Waals surface area contributed by atoms with E-state index in [1.807, 2.05) is 0 Å². The minimum atomic E-state index is -0.224. The van der Waals surface area contributed by atoms with Gasteiger partial charge in [0.05, 0.1) is 12.2 Å². The summed E-state index contributed by atoms with van der Waals surface area (Å²) in [5, 5.41) is 0. The van der Waals surface area contributed by atoms with Crippen molar-refractivity contribution in [3.63, 3.8) is 0 Å². The van der Waals surface area contributed by atoms with Crippen molar-refractivity contribution in [2.75, 3.05) is 6.61 Å². The summed E-state index contributed by atoms with van der Waals surface area (Å²) in [7, 11) is 0. The Bertz CT molecular complexity index is 156. The second kappa shape index (κ2) is 4.45. The summed E-state index contributed by atoms with van der Waals surface area (Å²) in [4.78, 5) is 10.5. The molecule has 1 fully saturated rings. The van der Waals surface area contributed by atoms with E-state index < -0.39 is 0 Å². The number of hydrogen-bond donors (Lipinski definition) is 0. The van der Waals surface area contributed by atoms with Crippen molar-refractivity contribution in [3.05, 3.63) is 0 Å². The highest BCUT2D eigenvalue weighted by Gasteiger charge is 2.24. The van der Waals surface area contributed by atoms with Gasteiger partial charge in [0.1, 0.15) is 6.61 Å². The van der Waals surface area contributed by atoms with E-state index >= 15 is 0 Å². The summed E-state index contributed by atoms with van der Waals surface area (Å²) < 4.78 is 10.4. The van der Waals surface area contributed by atoms with Gasteiger partial charge in [0.2, 0.25) is 0 Å². The highest BCUT2D eigenvalue weighted by Crippen LogP contribution is 2.21. The van der Waals surface area contributed by atoms with Gasteiger partial charge in [-0.3, -0.25) is 4.79 Å². The number of hydrogen-bond acceptors (Lipinski definition) is 3. The second-order valence-corrected chi connectivity index (χ2v) is 3.17. The number of ether oxygens (including phenoxy) is 2. The fourth-order valence-electron chi connectivity index (χ4n) is 1.41. The molecule has 0 aromatic rings. The lowest BCUT2D eigenvalue weighted by Crippen LogP contribution is -2.18. The summed E-state index contributed by atoms with van der Waals surface area (Å²) in [6, 6.07) is 0. The van der Waals surface area contributed by atoms with Crippen molar-refractivity contribution < 1.29 is 14.3 Å². The Balaban J connectivity index is 2.15. The van der Waals surface area contributed by atoms with Crippen molar-refractivity contribution in [1.82, 2.24) is 0 Å². The molecular weight excluding hydrogens is 156 g/mol. The first-order valence-electron chi connectivity index (χ1n) is 4.51. The molecule has 1 aliphatic heterocycles. The molecule has 2 unspecified atom stereocenters. The summed E-state index contributed by atoms with van der Waals surface area (Å²) in [5.74, 6) is -0.224. The standard InChI is InChI=1S/C9H16O3/c1-3-8-4-5-9(12-8)6-11-7(2)10/h8-9H,3-6H2,1-2H3. The van der Waals surface area contributed by atoms with E-state index in [1.165, 1.54) is 6.92 Å². The van der Waals surface area contributed by atoms with E-state index in [-0.39, 0.29) is 12.1 Å². The second-order valence-electron chi connectivity index (χ2n) is 3.17. The van der Waals surface area contributed by atoms with E-state index in [9.17, 15) is 4.79 Å². The van der Waals surface area contributed by atoms with Crippen LogP contribution in [0.3, 0.4) is 0 Å². The van der Waals surface area contributed by atoms with Crippen LogP contribution in [0.15, 0.2) is 0 Å². The van der Waals surface area contributed by atoms with Crippen LogP contribution >= 0.6 is 0 Å². The molecule has 0 amide bonds. The highest BCUT2D eigenvalue weighted by molar-refractivity contribution is 5.65. The van der Waals surface area contributed by atoms with Crippen molar-refractivity contribution in [3.8, 4) is 0 Å². The lowest BCUT2D eigenvalue weighted by atomic mass is 10.2.